The van der Waals surface area contributed by atoms with Gasteiger partial charge in [-0.3, -0.25) is 4.79 Å². The monoisotopic (exact) mass is 276 g/mol. The zero-order valence-electron chi connectivity index (χ0n) is 12.4. The Hall–Kier alpha value is -1.55. The van der Waals surface area contributed by atoms with Crippen molar-refractivity contribution in [1.82, 2.24) is 5.32 Å². The fraction of sp³-hybridized carbons (Fsp3) is 0.562. The lowest BCUT2D eigenvalue weighted by Gasteiger charge is -2.29. The quantitative estimate of drug-likeness (QED) is 0.898. The van der Waals surface area contributed by atoms with E-state index in [1.165, 1.54) is 32.1 Å². The Morgan fingerprint density at radius 2 is 1.90 bits per heavy atom. The number of carbonyl (C=O) groups excluding carboxylic acids is 1. The maximum absolute atomic E-state index is 11.5. The first-order valence-corrected chi connectivity index (χ1v) is 7.34. The lowest BCUT2D eigenvalue weighted by atomic mass is 10.1. The molecule has 0 aromatic heterocycles. The normalized spacial score (nSPS) is 16.8. The van der Waals surface area contributed by atoms with Crippen molar-refractivity contribution in [2.24, 2.45) is 0 Å². The summed E-state index contributed by atoms with van der Waals surface area (Å²) in [4.78, 5) is 13.9. The van der Waals surface area contributed by atoms with Crippen LogP contribution in [0, 0.1) is 0 Å². The van der Waals surface area contributed by atoms with Crippen molar-refractivity contribution in [2.45, 2.75) is 32.2 Å². The number of anilines is 1. The zero-order valence-corrected chi connectivity index (χ0v) is 12.4. The van der Waals surface area contributed by atoms with Crippen molar-refractivity contribution < 1.29 is 9.53 Å². The number of hydrogen-bond acceptors (Lipinski definition) is 3. The SMILES string of the molecule is COCC(=O)N[C@H](C)c1ccc(N2CCCCC2)cc1. The van der Waals surface area contributed by atoms with Crippen molar-refractivity contribution in [1.29, 1.82) is 0 Å². The molecule has 4 heteroatoms. The molecule has 0 radical (unpaired) electrons. The Balaban J connectivity index is 1.94. The first-order chi connectivity index (χ1) is 9.70. The molecule has 20 heavy (non-hydrogen) atoms. The van der Waals surface area contributed by atoms with Crippen LogP contribution in [0.25, 0.3) is 0 Å². The molecule has 1 amide bonds. The number of benzene rings is 1. The lowest BCUT2D eigenvalue weighted by Crippen LogP contribution is -2.30. The minimum absolute atomic E-state index is 0.00746. The summed E-state index contributed by atoms with van der Waals surface area (Å²) in [5.74, 6) is -0.0832. The second-order valence-corrected chi connectivity index (χ2v) is 5.36. The van der Waals surface area contributed by atoms with E-state index in [-0.39, 0.29) is 18.6 Å². The van der Waals surface area contributed by atoms with E-state index in [2.05, 4.69) is 34.5 Å². The number of amides is 1. The third-order valence-corrected chi connectivity index (χ3v) is 3.77. The Bertz CT molecular complexity index is 425. The first-order valence-electron chi connectivity index (χ1n) is 7.34. The van der Waals surface area contributed by atoms with E-state index in [4.69, 9.17) is 4.74 Å². The molecule has 1 N–H and O–H groups in total. The number of methoxy groups -OCH3 is 1. The molecule has 2 rings (SSSR count). The molecule has 0 bridgehead atoms. The Kier molecular flexibility index (Phi) is 5.41. The van der Waals surface area contributed by atoms with Gasteiger partial charge in [0.1, 0.15) is 6.61 Å². The van der Waals surface area contributed by atoms with Gasteiger partial charge < -0.3 is 15.0 Å². The van der Waals surface area contributed by atoms with Gasteiger partial charge in [0.05, 0.1) is 6.04 Å². The number of nitrogens with zero attached hydrogens (tertiary/aromatic N) is 1. The van der Waals surface area contributed by atoms with Crippen LogP contribution in [0.15, 0.2) is 24.3 Å². The molecule has 4 nitrogen and oxygen atoms in total. The Morgan fingerprint density at radius 1 is 1.25 bits per heavy atom. The van der Waals surface area contributed by atoms with Gasteiger partial charge >= 0.3 is 0 Å². The third-order valence-electron chi connectivity index (χ3n) is 3.77. The van der Waals surface area contributed by atoms with Gasteiger partial charge in [0.15, 0.2) is 0 Å². The summed E-state index contributed by atoms with van der Waals surface area (Å²) in [6.07, 6.45) is 3.91. The molecule has 1 aromatic carbocycles. The molecule has 1 aliphatic rings. The van der Waals surface area contributed by atoms with Gasteiger partial charge in [-0.15, -0.1) is 0 Å². The highest BCUT2D eigenvalue weighted by atomic mass is 16.5. The molecule has 1 aromatic rings. The molecule has 0 unspecified atom stereocenters. The smallest absolute Gasteiger partial charge is 0.246 e. The van der Waals surface area contributed by atoms with Crippen LogP contribution in [0.3, 0.4) is 0 Å². The van der Waals surface area contributed by atoms with Crippen molar-refractivity contribution in [3.63, 3.8) is 0 Å². The highest BCUT2D eigenvalue weighted by Crippen LogP contribution is 2.22. The predicted octanol–water partition coefficient (Wildman–Crippen LogP) is 2.50. The highest BCUT2D eigenvalue weighted by molar-refractivity contribution is 5.77. The molecular weight excluding hydrogens is 252 g/mol. The van der Waals surface area contributed by atoms with E-state index >= 15 is 0 Å². The maximum atomic E-state index is 11.5. The van der Waals surface area contributed by atoms with Crippen LogP contribution >= 0.6 is 0 Å². The molecule has 1 saturated heterocycles. The minimum atomic E-state index is -0.0832. The van der Waals surface area contributed by atoms with Crippen molar-refractivity contribution in [3.8, 4) is 0 Å². The molecule has 1 fully saturated rings. The summed E-state index contributed by atoms with van der Waals surface area (Å²) in [6.45, 7) is 4.40. The number of ether oxygens (including phenoxy) is 1. The van der Waals surface area contributed by atoms with E-state index in [1.807, 2.05) is 6.92 Å². The second kappa shape index (κ2) is 7.29. The summed E-state index contributed by atoms with van der Waals surface area (Å²) in [5, 5.41) is 2.92. The number of piperidine rings is 1. The van der Waals surface area contributed by atoms with E-state index in [0.717, 1.165) is 18.7 Å². The highest BCUT2D eigenvalue weighted by Gasteiger charge is 2.12. The van der Waals surface area contributed by atoms with Gasteiger partial charge in [-0.1, -0.05) is 12.1 Å². The van der Waals surface area contributed by atoms with Crippen LogP contribution in [0.2, 0.25) is 0 Å². The van der Waals surface area contributed by atoms with Gasteiger partial charge in [0.2, 0.25) is 5.91 Å². The maximum Gasteiger partial charge on any atom is 0.246 e. The minimum Gasteiger partial charge on any atom is -0.375 e. The van der Waals surface area contributed by atoms with Crippen molar-refractivity contribution >= 4 is 11.6 Å². The van der Waals surface area contributed by atoms with Gasteiger partial charge in [0.25, 0.3) is 0 Å². The number of rotatable bonds is 5. The third kappa shape index (κ3) is 3.97. The van der Waals surface area contributed by atoms with E-state index in [9.17, 15) is 4.79 Å². The average Bonchev–Trinajstić information content (AvgIpc) is 2.48. The number of nitrogens with one attached hydrogen (secondary N) is 1. The van der Waals surface area contributed by atoms with E-state index in [1.54, 1.807) is 0 Å². The Labute approximate surface area is 121 Å². The summed E-state index contributed by atoms with van der Waals surface area (Å²) >= 11 is 0. The van der Waals surface area contributed by atoms with Crippen molar-refractivity contribution in [2.75, 3.05) is 31.7 Å². The molecule has 110 valence electrons. The topological polar surface area (TPSA) is 41.6 Å². The molecule has 0 aliphatic carbocycles. The van der Waals surface area contributed by atoms with Crippen LogP contribution < -0.4 is 10.2 Å². The fourth-order valence-corrected chi connectivity index (χ4v) is 2.62. The van der Waals surface area contributed by atoms with Gasteiger partial charge in [0, 0.05) is 25.9 Å². The van der Waals surface area contributed by atoms with Gasteiger partial charge in [-0.05, 0) is 43.9 Å². The van der Waals surface area contributed by atoms with Crippen LogP contribution in [-0.4, -0.2) is 32.7 Å². The Morgan fingerprint density at radius 3 is 2.50 bits per heavy atom. The standard InChI is InChI=1S/C16H24N2O2/c1-13(17-16(19)12-20-2)14-6-8-15(9-7-14)18-10-4-3-5-11-18/h6-9,13H,3-5,10-12H2,1-2H3,(H,17,19)/t13-/m1/s1. The molecule has 0 spiro atoms. The summed E-state index contributed by atoms with van der Waals surface area (Å²) in [5.41, 5.74) is 2.40. The van der Waals surface area contributed by atoms with E-state index < -0.39 is 0 Å². The molecule has 1 aliphatic heterocycles. The average molecular weight is 276 g/mol. The number of hydrogen-bond donors (Lipinski definition) is 1. The predicted molar refractivity (Wildman–Crippen MR) is 80.9 cm³/mol. The second-order valence-electron chi connectivity index (χ2n) is 5.36. The fourth-order valence-electron chi connectivity index (χ4n) is 2.62. The molecule has 1 atom stereocenters. The number of carbonyl (C=O) groups is 1. The molecular formula is C16H24N2O2. The summed E-state index contributed by atoms with van der Waals surface area (Å²) in [6, 6.07) is 8.51. The van der Waals surface area contributed by atoms with Crippen LogP contribution in [0.1, 0.15) is 37.8 Å². The van der Waals surface area contributed by atoms with E-state index in [0.29, 0.717) is 0 Å². The lowest BCUT2D eigenvalue weighted by molar-refractivity contribution is -0.125. The zero-order chi connectivity index (χ0) is 14.4. The first kappa shape index (κ1) is 14.9. The van der Waals surface area contributed by atoms with Gasteiger partial charge in [-0.25, -0.2) is 0 Å². The van der Waals surface area contributed by atoms with Crippen molar-refractivity contribution in [3.05, 3.63) is 29.8 Å². The summed E-state index contributed by atoms with van der Waals surface area (Å²) < 4.78 is 4.82. The van der Waals surface area contributed by atoms with Crippen LogP contribution in [-0.2, 0) is 9.53 Å². The summed E-state index contributed by atoms with van der Waals surface area (Å²) in [7, 11) is 1.53. The van der Waals surface area contributed by atoms with Crippen LogP contribution in [0.4, 0.5) is 5.69 Å². The molecule has 0 saturated carbocycles. The largest absolute Gasteiger partial charge is 0.375 e. The van der Waals surface area contributed by atoms with Crippen LogP contribution in [0.5, 0.6) is 0 Å². The molecule has 1 heterocycles. The van der Waals surface area contributed by atoms with Gasteiger partial charge in [-0.2, -0.15) is 0 Å².